The van der Waals surface area contributed by atoms with Crippen LogP contribution < -0.4 is 5.32 Å². The lowest BCUT2D eigenvalue weighted by atomic mass is 9.98. The maximum absolute atomic E-state index is 12.0. The molecule has 0 aromatic carbocycles. The molecule has 0 aromatic heterocycles. The Kier molecular flexibility index (Phi) is 6.13. The van der Waals surface area contributed by atoms with E-state index in [4.69, 9.17) is 4.74 Å². The van der Waals surface area contributed by atoms with Crippen molar-refractivity contribution in [3.8, 4) is 0 Å². The van der Waals surface area contributed by atoms with Gasteiger partial charge in [-0.25, -0.2) is 0 Å². The van der Waals surface area contributed by atoms with Crippen LogP contribution in [0.3, 0.4) is 0 Å². The average molecular weight is 308 g/mol. The zero-order valence-corrected chi connectivity index (χ0v) is 13.9. The molecule has 0 radical (unpaired) electrons. The van der Waals surface area contributed by atoms with Crippen molar-refractivity contribution in [1.29, 1.82) is 0 Å². The number of rotatable bonds is 7. The molecule has 1 aliphatic heterocycles. The number of amides is 1. The second-order valence-corrected chi connectivity index (χ2v) is 7.31. The normalized spacial score (nSPS) is 24.6. The summed E-state index contributed by atoms with van der Waals surface area (Å²) in [6.07, 6.45) is 12.7. The topological polar surface area (TPSA) is 41.6 Å². The highest BCUT2D eigenvalue weighted by molar-refractivity contribution is 5.81. The Morgan fingerprint density at radius 3 is 2.41 bits per heavy atom. The van der Waals surface area contributed by atoms with E-state index in [0.717, 1.165) is 58.3 Å². The number of carbonyl (C=O) groups excluding carboxylic acids is 1. The maximum Gasteiger partial charge on any atom is 0.225 e. The minimum atomic E-state index is 0.376. The van der Waals surface area contributed by atoms with Gasteiger partial charge in [0.05, 0.1) is 6.10 Å². The van der Waals surface area contributed by atoms with Crippen LogP contribution in [0.5, 0.6) is 0 Å². The highest BCUT2D eigenvalue weighted by atomic mass is 16.5. The van der Waals surface area contributed by atoms with Gasteiger partial charge < -0.3 is 15.0 Å². The molecule has 0 bridgehead atoms. The zero-order valence-electron chi connectivity index (χ0n) is 13.9. The third-order valence-corrected chi connectivity index (χ3v) is 5.39. The first kappa shape index (κ1) is 16.3. The van der Waals surface area contributed by atoms with Gasteiger partial charge in [0, 0.05) is 31.7 Å². The van der Waals surface area contributed by atoms with E-state index in [1.165, 1.54) is 32.1 Å². The molecule has 3 fully saturated rings. The standard InChI is InChI=1S/C18H32N2O2/c21-18(15-7-8-15)20-12-9-16(10-13-20)19-11-4-14-22-17-5-2-1-3-6-17/h15-17,19H,1-14H2. The molecule has 126 valence electrons. The van der Waals surface area contributed by atoms with Crippen LogP contribution in [0.15, 0.2) is 0 Å². The highest BCUT2D eigenvalue weighted by Gasteiger charge is 2.34. The van der Waals surface area contributed by atoms with E-state index >= 15 is 0 Å². The molecule has 0 spiro atoms. The van der Waals surface area contributed by atoms with Gasteiger partial charge >= 0.3 is 0 Å². The highest BCUT2D eigenvalue weighted by Crippen LogP contribution is 2.31. The number of piperidine rings is 1. The summed E-state index contributed by atoms with van der Waals surface area (Å²) in [6.45, 7) is 3.85. The summed E-state index contributed by atoms with van der Waals surface area (Å²) in [5, 5.41) is 3.65. The van der Waals surface area contributed by atoms with Crippen LogP contribution in [0.25, 0.3) is 0 Å². The maximum atomic E-state index is 12.0. The van der Waals surface area contributed by atoms with E-state index in [9.17, 15) is 4.79 Å². The van der Waals surface area contributed by atoms with Crippen molar-refractivity contribution in [2.45, 2.75) is 76.4 Å². The third-order valence-electron chi connectivity index (χ3n) is 5.39. The fraction of sp³-hybridized carbons (Fsp3) is 0.944. The predicted molar refractivity (Wildman–Crippen MR) is 87.8 cm³/mol. The number of nitrogens with zero attached hydrogens (tertiary/aromatic N) is 1. The second kappa shape index (κ2) is 8.30. The van der Waals surface area contributed by atoms with Crippen LogP contribution in [0.4, 0.5) is 0 Å². The fourth-order valence-electron chi connectivity index (χ4n) is 3.75. The van der Waals surface area contributed by atoms with Gasteiger partial charge in [-0.1, -0.05) is 19.3 Å². The fourth-order valence-corrected chi connectivity index (χ4v) is 3.75. The Morgan fingerprint density at radius 2 is 1.73 bits per heavy atom. The number of ether oxygens (including phenoxy) is 1. The lowest BCUT2D eigenvalue weighted by Gasteiger charge is -2.32. The molecular weight excluding hydrogens is 276 g/mol. The Hall–Kier alpha value is -0.610. The number of likely N-dealkylation sites (tertiary alicyclic amines) is 1. The summed E-state index contributed by atoms with van der Waals surface area (Å²) >= 11 is 0. The summed E-state index contributed by atoms with van der Waals surface area (Å²) in [4.78, 5) is 14.1. The van der Waals surface area contributed by atoms with Crippen LogP contribution in [-0.2, 0) is 9.53 Å². The average Bonchev–Trinajstić information content (AvgIpc) is 3.40. The minimum Gasteiger partial charge on any atom is -0.378 e. The molecule has 3 rings (SSSR count). The number of hydrogen-bond acceptors (Lipinski definition) is 3. The van der Waals surface area contributed by atoms with Gasteiger partial charge in [-0.3, -0.25) is 4.79 Å². The van der Waals surface area contributed by atoms with E-state index < -0.39 is 0 Å². The van der Waals surface area contributed by atoms with Crippen molar-refractivity contribution >= 4 is 5.91 Å². The lowest BCUT2D eigenvalue weighted by Crippen LogP contribution is -2.45. The minimum absolute atomic E-state index is 0.376. The molecule has 0 unspecified atom stereocenters. The number of carbonyl (C=O) groups is 1. The molecule has 4 nitrogen and oxygen atoms in total. The van der Waals surface area contributed by atoms with Crippen LogP contribution in [-0.4, -0.2) is 49.2 Å². The van der Waals surface area contributed by atoms with Crippen molar-refractivity contribution in [2.75, 3.05) is 26.2 Å². The van der Waals surface area contributed by atoms with E-state index in [2.05, 4.69) is 10.2 Å². The zero-order chi connectivity index (χ0) is 15.2. The summed E-state index contributed by atoms with van der Waals surface area (Å²) < 4.78 is 5.96. The first-order valence-electron chi connectivity index (χ1n) is 9.46. The van der Waals surface area contributed by atoms with E-state index in [0.29, 0.717) is 24.0 Å². The monoisotopic (exact) mass is 308 g/mol. The molecule has 2 aliphatic carbocycles. The number of nitrogens with one attached hydrogen (secondary N) is 1. The van der Waals surface area contributed by atoms with Crippen molar-refractivity contribution in [1.82, 2.24) is 10.2 Å². The molecule has 3 aliphatic rings. The Balaban J connectivity index is 1.20. The summed E-state index contributed by atoms with van der Waals surface area (Å²) in [6, 6.07) is 0.595. The Morgan fingerprint density at radius 1 is 1.00 bits per heavy atom. The largest absolute Gasteiger partial charge is 0.378 e. The van der Waals surface area contributed by atoms with Gasteiger partial charge in [0.2, 0.25) is 5.91 Å². The van der Waals surface area contributed by atoms with Crippen molar-refractivity contribution in [2.24, 2.45) is 5.92 Å². The van der Waals surface area contributed by atoms with E-state index in [1.54, 1.807) is 0 Å². The molecule has 1 N–H and O–H groups in total. The van der Waals surface area contributed by atoms with E-state index in [1.807, 2.05) is 0 Å². The summed E-state index contributed by atoms with van der Waals surface area (Å²) in [5.74, 6) is 0.792. The predicted octanol–water partition coefficient (Wildman–Crippen LogP) is 2.72. The molecule has 0 atom stereocenters. The number of hydrogen-bond donors (Lipinski definition) is 1. The van der Waals surface area contributed by atoms with Crippen molar-refractivity contribution in [3.63, 3.8) is 0 Å². The molecule has 1 amide bonds. The molecule has 1 saturated heterocycles. The van der Waals surface area contributed by atoms with Crippen molar-refractivity contribution in [3.05, 3.63) is 0 Å². The van der Waals surface area contributed by atoms with Gasteiger partial charge in [0.25, 0.3) is 0 Å². The Labute approximate surface area is 135 Å². The molecule has 0 aromatic rings. The lowest BCUT2D eigenvalue weighted by molar-refractivity contribution is -0.133. The van der Waals surface area contributed by atoms with Gasteiger partial charge in [0.1, 0.15) is 0 Å². The first-order chi connectivity index (χ1) is 10.8. The molecule has 2 saturated carbocycles. The van der Waals surface area contributed by atoms with Gasteiger partial charge in [-0.15, -0.1) is 0 Å². The summed E-state index contributed by atoms with van der Waals surface area (Å²) in [7, 11) is 0. The molecule has 4 heteroatoms. The van der Waals surface area contributed by atoms with Crippen molar-refractivity contribution < 1.29 is 9.53 Å². The van der Waals surface area contributed by atoms with Gasteiger partial charge in [-0.2, -0.15) is 0 Å². The van der Waals surface area contributed by atoms with Crippen LogP contribution in [0.1, 0.15) is 64.2 Å². The quantitative estimate of drug-likeness (QED) is 0.735. The molecular formula is C18H32N2O2. The Bertz CT molecular complexity index is 343. The van der Waals surface area contributed by atoms with E-state index in [-0.39, 0.29) is 0 Å². The third kappa shape index (κ3) is 4.95. The van der Waals surface area contributed by atoms with Crippen LogP contribution in [0.2, 0.25) is 0 Å². The first-order valence-corrected chi connectivity index (χ1v) is 9.46. The second-order valence-electron chi connectivity index (χ2n) is 7.31. The van der Waals surface area contributed by atoms with Gasteiger partial charge in [0.15, 0.2) is 0 Å². The van der Waals surface area contributed by atoms with Gasteiger partial charge in [-0.05, 0) is 51.5 Å². The van der Waals surface area contributed by atoms with Crippen LogP contribution >= 0.6 is 0 Å². The molecule has 1 heterocycles. The SMILES string of the molecule is O=C(C1CC1)N1CCC(NCCCOC2CCCCC2)CC1. The smallest absolute Gasteiger partial charge is 0.225 e. The van der Waals surface area contributed by atoms with Crippen LogP contribution in [0, 0.1) is 5.92 Å². The summed E-state index contributed by atoms with van der Waals surface area (Å²) in [5.41, 5.74) is 0. The molecule has 22 heavy (non-hydrogen) atoms.